The molecule has 72 valence electrons. The summed E-state index contributed by atoms with van der Waals surface area (Å²) in [5.41, 5.74) is 7.83. The van der Waals surface area contributed by atoms with Crippen LogP contribution in [-0.4, -0.2) is 7.11 Å². The summed E-state index contributed by atoms with van der Waals surface area (Å²) in [6.45, 7) is 2.04. The Labute approximate surface area is 83.3 Å². The first kappa shape index (κ1) is 8.88. The number of ether oxygens (including phenoxy) is 1. The summed E-state index contributed by atoms with van der Waals surface area (Å²) in [4.78, 5) is 0. The zero-order valence-corrected chi connectivity index (χ0v) is 8.37. The number of fused-ring (bicyclic) bond motifs is 1. The second kappa shape index (κ2) is 3.22. The van der Waals surface area contributed by atoms with Crippen molar-refractivity contribution in [2.24, 2.45) is 0 Å². The number of aryl methyl sites for hydroxylation is 1. The van der Waals surface area contributed by atoms with Gasteiger partial charge < -0.3 is 10.5 Å². The summed E-state index contributed by atoms with van der Waals surface area (Å²) in [6, 6.07) is 9.88. The van der Waals surface area contributed by atoms with Gasteiger partial charge >= 0.3 is 0 Å². The van der Waals surface area contributed by atoms with Crippen LogP contribution in [0.15, 0.2) is 30.3 Å². The van der Waals surface area contributed by atoms with Crippen LogP contribution in [0.3, 0.4) is 0 Å². The number of nitrogen functional groups attached to an aromatic ring is 1. The first-order valence-corrected chi connectivity index (χ1v) is 4.56. The van der Waals surface area contributed by atoms with E-state index in [4.69, 9.17) is 10.5 Å². The fourth-order valence-electron chi connectivity index (χ4n) is 1.73. The van der Waals surface area contributed by atoms with Gasteiger partial charge in [-0.3, -0.25) is 0 Å². The van der Waals surface area contributed by atoms with Crippen LogP contribution in [0.2, 0.25) is 0 Å². The van der Waals surface area contributed by atoms with Crippen LogP contribution in [0.5, 0.6) is 5.75 Å². The average molecular weight is 187 g/mol. The summed E-state index contributed by atoms with van der Waals surface area (Å²) in [5.74, 6) is 0.906. The highest BCUT2D eigenvalue weighted by Gasteiger charge is 2.04. The van der Waals surface area contributed by atoms with Gasteiger partial charge in [-0.25, -0.2) is 0 Å². The Hall–Kier alpha value is -1.70. The Morgan fingerprint density at radius 1 is 1.07 bits per heavy atom. The van der Waals surface area contributed by atoms with E-state index in [0.29, 0.717) is 0 Å². The minimum Gasteiger partial charge on any atom is -0.496 e. The molecule has 14 heavy (non-hydrogen) atoms. The van der Waals surface area contributed by atoms with E-state index < -0.39 is 0 Å². The van der Waals surface area contributed by atoms with Gasteiger partial charge in [0.2, 0.25) is 0 Å². The number of nitrogens with two attached hydrogens (primary N) is 1. The third-order valence-electron chi connectivity index (χ3n) is 2.53. The van der Waals surface area contributed by atoms with E-state index in [9.17, 15) is 0 Å². The molecule has 2 N–H and O–H groups in total. The molecule has 0 unspecified atom stereocenters. The Balaban J connectivity index is 2.84. The molecule has 0 aromatic heterocycles. The van der Waals surface area contributed by atoms with E-state index in [0.717, 1.165) is 27.8 Å². The van der Waals surface area contributed by atoms with Crippen LogP contribution in [0, 0.1) is 6.92 Å². The molecule has 0 aliphatic carbocycles. The highest BCUT2D eigenvalue weighted by Crippen LogP contribution is 2.29. The van der Waals surface area contributed by atoms with Gasteiger partial charge in [0.1, 0.15) is 5.75 Å². The molecule has 0 atom stereocenters. The Kier molecular flexibility index (Phi) is 2.04. The summed E-state index contributed by atoms with van der Waals surface area (Å²) < 4.78 is 5.25. The van der Waals surface area contributed by atoms with Gasteiger partial charge in [0.05, 0.1) is 7.11 Å². The lowest BCUT2D eigenvalue weighted by Crippen LogP contribution is -1.91. The third-order valence-corrected chi connectivity index (χ3v) is 2.53. The lowest BCUT2D eigenvalue weighted by atomic mass is 10.0. The van der Waals surface area contributed by atoms with E-state index in [1.165, 1.54) is 0 Å². The maximum atomic E-state index is 5.88. The van der Waals surface area contributed by atoms with Crippen LogP contribution >= 0.6 is 0 Å². The molecule has 0 bridgehead atoms. The molecular weight excluding hydrogens is 174 g/mol. The lowest BCUT2D eigenvalue weighted by molar-refractivity contribution is 0.412. The first-order valence-electron chi connectivity index (χ1n) is 4.56. The topological polar surface area (TPSA) is 35.2 Å². The predicted molar refractivity (Wildman–Crippen MR) is 59.6 cm³/mol. The van der Waals surface area contributed by atoms with Crippen LogP contribution in [0.1, 0.15) is 5.56 Å². The second-order valence-corrected chi connectivity index (χ2v) is 3.34. The van der Waals surface area contributed by atoms with E-state index in [2.05, 4.69) is 6.07 Å². The highest BCUT2D eigenvalue weighted by atomic mass is 16.5. The van der Waals surface area contributed by atoms with Gasteiger partial charge in [0.15, 0.2) is 0 Å². The monoisotopic (exact) mass is 187 g/mol. The van der Waals surface area contributed by atoms with Crippen molar-refractivity contribution in [2.75, 3.05) is 12.8 Å². The minimum atomic E-state index is 0.813. The largest absolute Gasteiger partial charge is 0.496 e. The van der Waals surface area contributed by atoms with Crippen molar-refractivity contribution in [3.63, 3.8) is 0 Å². The van der Waals surface area contributed by atoms with Gasteiger partial charge in [0, 0.05) is 11.1 Å². The molecule has 0 heterocycles. The second-order valence-electron chi connectivity index (χ2n) is 3.34. The lowest BCUT2D eigenvalue weighted by Gasteiger charge is -2.09. The number of benzene rings is 2. The summed E-state index contributed by atoms with van der Waals surface area (Å²) in [7, 11) is 1.68. The average Bonchev–Trinajstić information content (AvgIpc) is 2.20. The normalized spacial score (nSPS) is 10.4. The molecule has 0 radical (unpaired) electrons. The molecule has 0 aliphatic rings. The van der Waals surface area contributed by atoms with Crippen molar-refractivity contribution in [1.29, 1.82) is 0 Å². The molecule has 2 nitrogen and oxygen atoms in total. The molecule has 2 aromatic rings. The van der Waals surface area contributed by atoms with Crippen molar-refractivity contribution < 1.29 is 4.74 Å². The van der Waals surface area contributed by atoms with Crippen LogP contribution < -0.4 is 10.5 Å². The molecule has 2 heteroatoms. The zero-order chi connectivity index (χ0) is 10.1. The van der Waals surface area contributed by atoms with Crippen molar-refractivity contribution in [2.45, 2.75) is 6.92 Å². The van der Waals surface area contributed by atoms with E-state index >= 15 is 0 Å². The quantitative estimate of drug-likeness (QED) is 0.697. The number of hydrogen-bond acceptors (Lipinski definition) is 2. The molecule has 2 aromatic carbocycles. The molecule has 0 spiro atoms. The molecular formula is C12H13NO. The smallest absolute Gasteiger partial charge is 0.122 e. The molecule has 0 fully saturated rings. The molecule has 0 saturated carbocycles. The first-order chi connectivity index (χ1) is 6.74. The van der Waals surface area contributed by atoms with Crippen molar-refractivity contribution in [1.82, 2.24) is 0 Å². The Morgan fingerprint density at radius 2 is 1.86 bits per heavy atom. The van der Waals surface area contributed by atoms with Gasteiger partial charge in [0.25, 0.3) is 0 Å². The Morgan fingerprint density at radius 3 is 2.57 bits per heavy atom. The van der Waals surface area contributed by atoms with Gasteiger partial charge in [-0.1, -0.05) is 12.1 Å². The fourth-order valence-corrected chi connectivity index (χ4v) is 1.73. The Bertz CT molecular complexity index is 477. The fraction of sp³-hybridized carbons (Fsp3) is 0.167. The third kappa shape index (κ3) is 1.20. The highest BCUT2D eigenvalue weighted by molar-refractivity contribution is 5.96. The molecule has 2 rings (SSSR count). The van der Waals surface area contributed by atoms with Crippen molar-refractivity contribution in [3.8, 4) is 5.75 Å². The van der Waals surface area contributed by atoms with Gasteiger partial charge in [-0.2, -0.15) is 0 Å². The van der Waals surface area contributed by atoms with E-state index in [1.807, 2.05) is 31.2 Å². The summed E-state index contributed by atoms with van der Waals surface area (Å²) in [6.07, 6.45) is 0. The summed E-state index contributed by atoms with van der Waals surface area (Å²) in [5, 5.41) is 2.25. The van der Waals surface area contributed by atoms with Gasteiger partial charge in [-0.05, 0) is 36.1 Å². The summed E-state index contributed by atoms with van der Waals surface area (Å²) >= 11 is 0. The maximum absolute atomic E-state index is 5.88. The number of hydrogen-bond donors (Lipinski definition) is 1. The van der Waals surface area contributed by atoms with E-state index in [-0.39, 0.29) is 0 Å². The SMILES string of the molecule is COc1ccc2c(N)cccc2c1C. The van der Waals surface area contributed by atoms with Crippen LogP contribution in [0.25, 0.3) is 10.8 Å². The predicted octanol–water partition coefficient (Wildman–Crippen LogP) is 2.74. The minimum absolute atomic E-state index is 0.813. The number of anilines is 1. The number of rotatable bonds is 1. The van der Waals surface area contributed by atoms with E-state index in [1.54, 1.807) is 7.11 Å². The maximum Gasteiger partial charge on any atom is 0.122 e. The molecule has 0 saturated heterocycles. The standard InChI is InChI=1S/C12H13NO/c1-8-9-4-3-5-11(13)10(9)6-7-12(8)14-2/h3-7H,13H2,1-2H3. The van der Waals surface area contributed by atoms with Crippen molar-refractivity contribution >= 4 is 16.5 Å². The zero-order valence-electron chi connectivity index (χ0n) is 8.37. The molecule has 0 aliphatic heterocycles. The van der Waals surface area contributed by atoms with Gasteiger partial charge in [-0.15, -0.1) is 0 Å². The molecule has 0 amide bonds. The van der Waals surface area contributed by atoms with Crippen molar-refractivity contribution in [3.05, 3.63) is 35.9 Å². The van der Waals surface area contributed by atoms with Crippen LogP contribution in [-0.2, 0) is 0 Å². The number of methoxy groups -OCH3 is 1. The van der Waals surface area contributed by atoms with Crippen LogP contribution in [0.4, 0.5) is 5.69 Å².